The number of ether oxygens (including phenoxy) is 1. The van der Waals surface area contributed by atoms with Crippen LogP contribution in [0.2, 0.25) is 0 Å². The molecule has 0 spiro atoms. The van der Waals surface area contributed by atoms with E-state index in [1.165, 1.54) is 0 Å². The normalized spacial score (nSPS) is 14.1. The van der Waals surface area contributed by atoms with E-state index in [9.17, 15) is 4.79 Å². The molecule has 0 saturated carbocycles. The van der Waals surface area contributed by atoms with Crippen LogP contribution < -0.4 is 4.74 Å². The van der Waals surface area contributed by atoms with Gasteiger partial charge in [-0.2, -0.15) is 0 Å². The van der Waals surface area contributed by atoms with Gasteiger partial charge in [0, 0.05) is 0 Å². The molecule has 1 aromatic carbocycles. The molecule has 0 amide bonds. The van der Waals surface area contributed by atoms with Crippen LogP contribution in [0.3, 0.4) is 0 Å². The zero-order valence-corrected chi connectivity index (χ0v) is 9.72. The summed E-state index contributed by atoms with van der Waals surface area (Å²) in [4.78, 5) is 11.0. The first-order chi connectivity index (χ1) is 7.63. The van der Waals surface area contributed by atoms with Crippen LogP contribution in [0.4, 0.5) is 0 Å². The first kappa shape index (κ1) is 12.6. The van der Waals surface area contributed by atoms with Gasteiger partial charge in [0.25, 0.3) is 0 Å². The van der Waals surface area contributed by atoms with Crippen LogP contribution in [0.15, 0.2) is 30.3 Å². The fraction of sp³-hybridized carbons (Fsp3) is 0.462. The minimum atomic E-state index is -0.899. The largest absolute Gasteiger partial charge is 0.479 e. The molecule has 88 valence electrons. The summed E-state index contributed by atoms with van der Waals surface area (Å²) in [5, 5.41) is 9.05. The fourth-order valence-electron chi connectivity index (χ4n) is 1.39. The molecule has 3 nitrogen and oxygen atoms in total. The molecule has 16 heavy (non-hydrogen) atoms. The quantitative estimate of drug-likeness (QED) is 0.804. The van der Waals surface area contributed by atoms with E-state index in [-0.39, 0.29) is 0 Å². The van der Waals surface area contributed by atoms with Gasteiger partial charge in [0.1, 0.15) is 5.75 Å². The summed E-state index contributed by atoms with van der Waals surface area (Å²) in [6, 6.07) is 9.07. The lowest BCUT2D eigenvalue weighted by Gasteiger charge is -2.18. The summed E-state index contributed by atoms with van der Waals surface area (Å²) < 4.78 is 5.45. The van der Waals surface area contributed by atoms with Crippen LogP contribution in [0.5, 0.6) is 5.75 Å². The van der Waals surface area contributed by atoms with Crippen LogP contribution in [0, 0.1) is 5.92 Å². The van der Waals surface area contributed by atoms with Crippen LogP contribution in [0.25, 0.3) is 0 Å². The van der Waals surface area contributed by atoms with Gasteiger partial charge in [-0.3, -0.25) is 0 Å². The minimum Gasteiger partial charge on any atom is -0.479 e. The predicted molar refractivity (Wildman–Crippen MR) is 62.6 cm³/mol. The number of carbonyl (C=O) groups is 1. The molecule has 0 aliphatic rings. The van der Waals surface area contributed by atoms with Crippen molar-refractivity contribution in [2.45, 2.75) is 32.8 Å². The molecule has 1 rings (SSSR count). The smallest absolute Gasteiger partial charge is 0.344 e. The van der Waals surface area contributed by atoms with Gasteiger partial charge in [0.05, 0.1) is 0 Å². The molecule has 0 saturated heterocycles. The van der Waals surface area contributed by atoms with E-state index in [4.69, 9.17) is 9.84 Å². The minimum absolute atomic E-state index is 0.352. The molecule has 0 radical (unpaired) electrons. The number of hydrogen-bond donors (Lipinski definition) is 1. The third-order valence-electron chi connectivity index (χ3n) is 2.61. The lowest BCUT2D eigenvalue weighted by Crippen LogP contribution is -2.28. The van der Waals surface area contributed by atoms with E-state index >= 15 is 0 Å². The number of hydrogen-bond acceptors (Lipinski definition) is 2. The molecular weight excluding hydrogens is 204 g/mol. The van der Waals surface area contributed by atoms with E-state index in [1.54, 1.807) is 12.1 Å². The maximum absolute atomic E-state index is 11.0. The zero-order chi connectivity index (χ0) is 12.0. The Kier molecular flexibility index (Phi) is 4.83. The second-order valence-electron chi connectivity index (χ2n) is 4.01. The highest BCUT2D eigenvalue weighted by molar-refractivity contribution is 5.72. The molecule has 1 unspecified atom stereocenters. The Morgan fingerprint density at radius 2 is 2.00 bits per heavy atom. The van der Waals surface area contributed by atoms with Crippen molar-refractivity contribution in [2.75, 3.05) is 0 Å². The van der Waals surface area contributed by atoms with Crippen molar-refractivity contribution in [1.82, 2.24) is 0 Å². The Bertz CT molecular complexity index is 321. The fourth-order valence-corrected chi connectivity index (χ4v) is 1.39. The number of aliphatic carboxylic acids is 1. The number of para-hydroxylation sites is 1. The molecule has 2 atom stereocenters. The van der Waals surface area contributed by atoms with E-state index in [2.05, 4.69) is 0 Å². The van der Waals surface area contributed by atoms with Crippen LogP contribution in [-0.4, -0.2) is 17.2 Å². The molecular formula is C13H18O3. The number of carboxylic acid groups (broad SMARTS) is 1. The zero-order valence-electron chi connectivity index (χ0n) is 9.72. The highest BCUT2D eigenvalue weighted by Crippen LogP contribution is 2.17. The maximum Gasteiger partial charge on any atom is 0.344 e. The molecule has 0 aromatic heterocycles. The maximum atomic E-state index is 11.0. The van der Waals surface area contributed by atoms with Crippen molar-refractivity contribution in [3.05, 3.63) is 30.3 Å². The Labute approximate surface area is 96.1 Å². The molecule has 0 bridgehead atoms. The molecule has 1 N–H and O–H groups in total. The molecule has 1 aromatic rings. The molecule has 0 aliphatic heterocycles. The van der Waals surface area contributed by atoms with Crippen molar-refractivity contribution in [3.8, 4) is 5.75 Å². The Morgan fingerprint density at radius 3 is 2.50 bits per heavy atom. The van der Waals surface area contributed by atoms with Crippen LogP contribution >= 0.6 is 0 Å². The topological polar surface area (TPSA) is 46.5 Å². The highest BCUT2D eigenvalue weighted by Gasteiger charge is 2.21. The van der Waals surface area contributed by atoms with E-state index in [0.717, 1.165) is 6.42 Å². The van der Waals surface area contributed by atoms with Gasteiger partial charge in [-0.25, -0.2) is 4.79 Å². The standard InChI is InChI=1S/C13H18O3/c1-3-10(2)9-12(13(14)15)16-11-7-5-4-6-8-11/h4-8,10,12H,3,9H2,1-2H3,(H,14,15)/t10?,12-/m0/s1. The van der Waals surface area contributed by atoms with E-state index in [1.807, 2.05) is 32.0 Å². The first-order valence-electron chi connectivity index (χ1n) is 5.58. The monoisotopic (exact) mass is 222 g/mol. The summed E-state index contributed by atoms with van der Waals surface area (Å²) in [5.74, 6) is 0.0622. The van der Waals surface area contributed by atoms with Gasteiger partial charge >= 0.3 is 5.97 Å². The summed E-state index contributed by atoms with van der Waals surface area (Å²) in [7, 11) is 0. The SMILES string of the molecule is CCC(C)C[C@H](Oc1ccccc1)C(=O)O. The molecule has 0 fully saturated rings. The lowest BCUT2D eigenvalue weighted by molar-refractivity contribution is -0.145. The average Bonchev–Trinajstić information content (AvgIpc) is 2.29. The van der Waals surface area contributed by atoms with Gasteiger partial charge in [0.2, 0.25) is 0 Å². The summed E-state index contributed by atoms with van der Waals surface area (Å²) >= 11 is 0. The second kappa shape index (κ2) is 6.16. The van der Waals surface area contributed by atoms with Gasteiger partial charge in [-0.1, -0.05) is 38.5 Å². The lowest BCUT2D eigenvalue weighted by atomic mass is 10.0. The van der Waals surface area contributed by atoms with Gasteiger partial charge in [0.15, 0.2) is 6.10 Å². The van der Waals surface area contributed by atoms with Crippen molar-refractivity contribution >= 4 is 5.97 Å². The predicted octanol–water partition coefficient (Wildman–Crippen LogP) is 2.95. The Hall–Kier alpha value is -1.51. The molecule has 0 heterocycles. The highest BCUT2D eigenvalue weighted by atomic mass is 16.5. The van der Waals surface area contributed by atoms with Crippen LogP contribution in [-0.2, 0) is 4.79 Å². The van der Waals surface area contributed by atoms with Crippen LogP contribution in [0.1, 0.15) is 26.7 Å². The van der Waals surface area contributed by atoms with Crippen molar-refractivity contribution in [1.29, 1.82) is 0 Å². The van der Waals surface area contributed by atoms with Gasteiger partial charge < -0.3 is 9.84 Å². The second-order valence-corrected chi connectivity index (χ2v) is 4.01. The summed E-state index contributed by atoms with van der Waals surface area (Å²) in [5.41, 5.74) is 0. The van der Waals surface area contributed by atoms with E-state index < -0.39 is 12.1 Å². The van der Waals surface area contributed by atoms with E-state index in [0.29, 0.717) is 18.1 Å². The number of carboxylic acids is 1. The molecule has 3 heteroatoms. The number of benzene rings is 1. The van der Waals surface area contributed by atoms with Crippen molar-refractivity contribution < 1.29 is 14.6 Å². The van der Waals surface area contributed by atoms with Crippen molar-refractivity contribution in [2.24, 2.45) is 5.92 Å². The van der Waals surface area contributed by atoms with Gasteiger partial charge in [-0.05, 0) is 24.5 Å². The Balaban J connectivity index is 2.62. The molecule has 0 aliphatic carbocycles. The summed E-state index contributed by atoms with van der Waals surface area (Å²) in [6.45, 7) is 4.08. The third kappa shape index (κ3) is 3.93. The third-order valence-corrected chi connectivity index (χ3v) is 2.61. The van der Waals surface area contributed by atoms with Crippen molar-refractivity contribution in [3.63, 3.8) is 0 Å². The average molecular weight is 222 g/mol. The Morgan fingerprint density at radius 1 is 1.38 bits per heavy atom. The number of rotatable bonds is 6. The van der Waals surface area contributed by atoms with Gasteiger partial charge in [-0.15, -0.1) is 0 Å². The first-order valence-corrected chi connectivity index (χ1v) is 5.58. The summed E-state index contributed by atoms with van der Waals surface area (Å²) in [6.07, 6.45) is 0.750.